The van der Waals surface area contributed by atoms with Gasteiger partial charge in [0.15, 0.2) is 5.75 Å². The summed E-state index contributed by atoms with van der Waals surface area (Å²) in [4.78, 5) is 4.19. The summed E-state index contributed by atoms with van der Waals surface area (Å²) in [6, 6.07) is 9.72. The number of halogens is 1. The zero-order valence-corrected chi connectivity index (χ0v) is 11.2. The first kappa shape index (κ1) is 12.7. The minimum absolute atomic E-state index is 0.719. The fraction of sp³-hybridized carbons (Fsp3) is 0.214. The van der Waals surface area contributed by atoms with Crippen LogP contribution < -0.4 is 10.1 Å². The molecule has 94 valence electrons. The second-order valence-electron chi connectivity index (χ2n) is 4.01. The van der Waals surface area contributed by atoms with E-state index < -0.39 is 0 Å². The second-order valence-corrected chi connectivity index (χ2v) is 4.44. The first-order valence-electron chi connectivity index (χ1n) is 5.68. The molecule has 0 saturated carbocycles. The van der Waals surface area contributed by atoms with Crippen LogP contribution in [0, 0.1) is 6.92 Å². The third-order valence-electron chi connectivity index (χ3n) is 2.62. The van der Waals surface area contributed by atoms with Gasteiger partial charge in [-0.1, -0.05) is 23.7 Å². The van der Waals surface area contributed by atoms with Crippen LogP contribution in [0.15, 0.2) is 36.5 Å². The van der Waals surface area contributed by atoms with Gasteiger partial charge in [0.1, 0.15) is 0 Å². The molecule has 0 aliphatic rings. The van der Waals surface area contributed by atoms with E-state index in [9.17, 15) is 0 Å². The van der Waals surface area contributed by atoms with Gasteiger partial charge in [-0.3, -0.25) is 4.98 Å². The number of benzene rings is 1. The fourth-order valence-corrected chi connectivity index (χ4v) is 1.77. The van der Waals surface area contributed by atoms with E-state index in [1.807, 2.05) is 37.3 Å². The second kappa shape index (κ2) is 5.74. The number of aromatic nitrogens is 1. The van der Waals surface area contributed by atoms with Crippen molar-refractivity contribution >= 4 is 17.3 Å². The number of anilines is 1. The van der Waals surface area contributed by atoms with E-state index in [-0.39, 0.29) is 0 Å². The normalized spacial score (nSPS) is 10.2. The van der Waals surface area contributed by atoms with Crippen molar-refractivity contribution in [3.05, 3.63) is 52.8 Å². The molecule has 0 saturated heterocycles. The molecule has 2 rings (SSSR count). The van der Waals surface area contributed by atoms with Gasteiger partial charge in [-0.05, 0) is 30.7 Å². The highest BCUT2D eigenvalue weighted by molar-refractivity contribution is 6.30. The average molecular weight is 263 g/mol. The van der Waals surface area contributed by atoms with E-state index in [0.717, 1.165) is 34.3 Å². The van der Waals surface area contributed by atoms with Crippen LogP contribution in [0.3, 0.4) is 0 Å². The molecule has 2 aromatic rings. The number of methoxy groups -OCH3 is 1. The highest BCUT2D eigenvalue weighted by Crippen LogP contribution is 2.24. The molecule has 0 atom stereocenters. The third-order valence-corrected chi connectivity index (χ3v) is 2.87. The van der Waals surface area contributed by atoms with Gasteiger partial charge in [0.2, 0.25) is 0 Å². The lowest BCUT2D eigenvalue weighted by Crippen LogP contribution is -2.02. The molecule has 1 N–H and O–H groups in total. The molecule has 0 amide bonds. The molecule has 0 aliphatic heterocycles. The Morgan fingerprint density at radius 3 is 2.67 bits per heavy atom. The first-order chi connectivity index (χ1) is 8.69. The van der Waals surface area contributed by atoms with Crippen LogP contribution in [0.5, 0.6) is 5.75 Å². The van der Waals surface area contributed by atoms with E-state index in [0.29, 0.717) is 0 Å². The number of nitrogens with zero attached hydrogens (tertiary/aromatic N) is 1. The molecule has 1 heterocycles. The van der Waals surface area contributed by atoms with Gasteiger partial charge in [0, 0.05) is 17.3 Å². The van der Waals surface area contributed by atoms with Crippen LogP contribution >= 0.6 is 11.6 Å². The van der Waals surface area contributed by atoms with Crippen molar-refractivity contribution in [1.29, 1.82) is 0 Å². The Hall–Kier alpha value is -1.74. The number of hydrogen-bond donors (Lipinski definition) is 1. The Bertz CT molecular complexity index is 526. The van der Waals surface area contributed by atoms with Crippen molar-refractivity contribution in [3.8, 4) is 5.75 Å². The molecule has 0 radical (unpaired) electrons. The van der Waals surface area contributed by atoms with Gasteiger partial charge < -0.3 is 10.1 Å². The first-order valence-corrected chi connectivity index (χ1v) is 6.06. The molecule has 1 aromatic heterocycles. The van der Waals surface area contributed by atoms with Crippen molar-refractivity contribution in [1.82, 2.24) is 4.98 Å². The van der Waals surface area contributed by atoms with E-state index in [4.69, 9.17) is 16.3 Å². The van der Waals surface area contributed by atoms with Gasteiger partial charge in [0.25, 0.3) is 0 Å². The lowest BCUT2D eigenvalue weighted by atomic mass is 10.2. The molecular formula is C14H15ClN2O. The fourth-order valence-electron chi connectivity index (χ4n) is 1.65. The van der Waals surface area contributed by atoms with Crippen LogP contribution in [0.2, 0.25) is 5.02 Å². The number of pyridine rings is 1. The highest BCUT2D eigenvalue weighted by Gasteiger charge is 2.03. The Morgan fingerprint density at radius 2 is 2.00 bits per heavy atom. The van der Waals surface area contributed by atoms with Gasteiger partial charge in [-0.25, -0.2) is 0 Å². The standard InChI is InChI=1S/C14H15ClN2O/c1-10-7-13(14(18-2)9-16-10)17-8-11-3-5-12(15)6-4-11/h3-7,9H,8H2,1-2H3,(H,16,17). The van der Waals surface area contributed by atoms with Gasteiger partial charge >= 0.3 is 0 Å². The quantitative estimate of drug-likeness (QED) is 0.913. The molecule has 0 aliphatic carbocycles. The molecule has 1 aromatic carbocycles. The summed E-state index contributed by atoms with van der Waals surface area (Å²) < 4.78 is 5.26. The molecule has 3 nitrogen and oxygen atoms in total. The summed E-state index contributed by atoms with van der Waals surface area (Å²) in [5, 5.41) is 4.08. The summed E-state index contributed by atoms with van der Waals surface area (Å²) in [5.74, 6) is 0.745. The summed E-state index contributed by atoms with van der Waals surface area (Å²) in [5.41, 5.74) is 3.06. The monoisotopic (exact) mass is 262 g/mol. The number of aryl methyl sites for hydroxylation is 1. The highest BCUT2D eigenvalue weighted by atomic mass is 35.5. The number of rotatable bonds is 4. The molecule has 4 heteroatoms. The van der Waals surface area contributed by atoms with E-state index in [2.05, 4.69) is 10.3 Å². The SMILES string of the molecule is COc1cnc(C)cc1NCc1ccc(Cl)cc1. The van der Waals surface area contributed by atoms with Crippen LogP contribution in [-0.4, -0.2) is 12.1 Å². The Kier molecular flexibility index (Phi) is 4.05. The Labute approximate surface area is 112 Å². The van der Waals surface area contributed by atoms with Gasteiger partial charge in [-0.15, -0.1) is 0 Å². The predicted molar refractivity (Wildman–Crippen MR) is 74.3 cm³/mol. The molecule has 18 heavy (non-hydrogen) atoms. The average Bonchev–Trinajstić information content (AvgIpc) is 2.38. The van der Waals surface area contributed by atoms with Crippen molar-refractivity contribution in [2.45, 2.75) is 13.5 Å². The number of ether oxygens (including phenoxy) is 1. The summed E-state index contributed by atoms with van der Waals surface area (Å²) in [7, 11) is 1.64. The minimum Gasteiger partial charge on any atom is -0.493 e. The maximum Gasteiger partial charge on any atom is 0.160 e. The third kappa shape index (κ3) is 3.14. The zero-order chi connectivity index (χ0) is 13.0. The van der Waals surface area contributed by atoms with Gasteiger partial charge in [-0.2, -0.15) is 0 Å². The van der Waals surface area contributed by atoms with Crippen molar-refractivity contribution in [3.63, 3.8) is 0 Å². The van der Waals surface area contributed by atoms with Crippen LogP contribution in [-0.2, 0) is 6.54 Å². The van der Waals surface area contributed by atoms with Gasteiger partial charge in [0.05, 0.1) is 19.0 Å². The van der Waals surface area contributed by atoms with Crippen LogP contribution in [0.1, 0.15) is 11.3 Å². The largest absolute Gasteiger partial charge is 0.493 e. The van der Waals surface area contributed by atoms with E-state index >= 15 is 0 Å². The molecule has 0 unspecified atom stereocenters. The van der Waals surface area contributed by atoms with Crippen LogP contribution in [0.4, 0.5) is 5.69 Å². The maximum atomic E-state index is 5.85. The summed E-state index contributed by atoms with van der Waals surface area (Å²) >= 11 is 5.85. The lowest BCUT2D eigenvalue weighted by molar-refractivity contribution is 0.414. The van der Waals surface area contributed by atoms with E-state index in [1.54, 1.807) is 13.3 Å². The predicted octanol–water partition coefficient (Wildman–Crippen LogP) is 3.66. The lowest BCUT2D eigenvalue weighted by Gasteiger charge is -2.11. The topological polar surface area (TPSA) is 34.1 Å². The number of hydrogen-bond acceptors (Lipinski definition) is 3. The van der Waals surface area contributed by atoms with E-state index in [1.165, 1.54) is 0 Å². The van der Waals surface area contributed by atoms with Crippen molar-refractivity contribution in [2.75, 3.05) is 12.4 Å². The molecular weight excluding hydrogens is 248 g/mol. The smallest absolute Gasteiger partial charge is 0.160 e. The summed E-state index contributed by atoms with van der Waals surface area (Å²) in [6.45, 7) is 2.67. The summed E-state index contributed by atoms with van der Waals surface area (Å²) in [6.07, 6.45) is 1.72. The maximum absolute atomic E-state index is 5.85. The Balaban J connectivity index is 2.09. The minimum atomic E-state index is 0.719. The molecule has 0 bridgehead atoms. The van der Waals surface area contributed by atoms with Crippen LogP contribution in [0.25, 0.3) is 0 Å². The molecule has 0 fully saturated rings. The van der Waals surface area contributed by atoms with Crippen molar-refractivity contribution in [2.24, 2.45) is 0 Å². The molecule has 0 spiro atoms. The number of nitrogens with one attached hydrogen (secondary N) is 1. The Morgan fingerprint density at radius 1 is 1.28 bits per heavy atom. The zero-order valence-electron chi connectivity index (χ0n) is 10.4. The van der Waals surface area contributed by atoms with Crippen molar-refractivity contribution < 1.29 is 4.74 Å².